The van der Waals surface area contributed by atoms with Crippen LogP contribution in [0.25, 0.3) is 0 Å². The lowest BCUT2D eigenvalue weighted by atomic mass is 9.90. The predicted octanol–water partition coefficient (Wildman–Crippen LogP) is 5.44. The molecule has 0 atom stereocenters. The smallest absolute Gasteiger partial charge is 0.137 e. The minimum absolute atomic E-state index is 0.302. The lowest BCUT2D eigenvalue weighted by Crippen LogP contribution is -2.27. The fourth-order valence-electron chi connectivity index (χ4n) is 2.26. The average molecular weight is 383 g/mol. The van der Waals surface area contributed by atoms with Crippen LogP contribution in [0.15, 0.2) is 22.7 Å². The van der Waals surface area contributed by atoms with Gasteiger partial charge in [0.1, 0.15) is 5.75 Å². The van der Waals surface area contributed by atoms with E-state index >= 15 is 0 Å². The topological polar surface area (TPSA) is 9.23 Å². The Morgan fingerprint density at radius 3 is 2.59 bits per heavy atom. The number of benzene rings is 1. The number of halogens is 3. The third kappa shape index (κ3) is 3.39. The van der Waals surface area contributed by atoms with Gasteiger partial charge in [-0.3, -0.25) is 0 Å². The van der Waals surface area contributed by atoms with E-state index in [0.29, 0.717) is 10.4 Å². The summed E-state index contributed by atoms with van der Waals surface area (Å²) < 4.78 is 6.86. The zero-order valence-electron chi connectivity index (χ0n) is 9.52. The molecule has 1 aliphatic rings. The third-order valence-electron chi connectivity index (χ3n) is 3.38. The highest BCUT2D eigenvalue weighted by atomic mass is 79.9. The summed E-state index contributed by atoms with van der Waals surface area (Å²) in [6.07, 6.45) is 5.10. The van der Waals surface area contributed by atoms with E-state index < -0.39 is 0 Å². The number of alkyl halides is 1. The molecule has 0 aliphatic heterocycles. The van der Waals surface area contributed by atoms with E-state index in [1.807, 2.05) is 18.2 Å². The minimum Gasteiger partial charge on any atom is -0.491 e. The van der Waals surface area contributed by atoms with Gasteiger partial charge in [-0.2, -0.15) is 0 Å². The number of ether oxygens (including phenoxy) is 1. The van der Waals surface area contributed by atoms with Gasteiger partial charge in [0.05, 0.1) is 11.6 Å². The van der Waals surface area contributed by atoms with Crippen molar-refractivity contribution >= 4 is 43.5 Å². The van der Waals surface area contributed by atoms with Crippen molar-refractivity contribution < 1.29 is 4.74 Å². The van der Waals surface area contributed by atoms with Crippen molar-refractivity contribution in [2.24, 2.45) is 5.41 Å². The molecule has 0 amide bonds. The Labute approximate surface area is 124 Å². The summed E-state index contributed by atoms with van der Waals surface area (Å²) in [6, 6.07) is 5.74. The molecule has 2 rings (SSSR count). The first-order chi connectivity index (χ1) is 8.15. The standard InChI is InChI=1S/C13H15Br2ClO/c14-8-13(5-1-2-6-13)9-17-12-4-3-10(15)7-11(12)16/h3-4,7H,1-2,5-6,8-9H2. The molecule has 0 saturated heterocycles. The van der Waals surface area contributed by atoms with Crippen LogP contribution in [0.3, 0.4) is 0 Å². The number of rotatable bonds is 4. The molecular formula is C13H15Br2ClO. The summed E-state index contributed by atoms with van der Waals surface area (Å²) in [5.74, 6) is 0.780. The van der Waals surface area contributed by atoms with E-state index in [-0.39, 0.29) is 0 Å². The lowest BCUT2D eigenvalue weighted by Gasteiger charge is -2.26. The summed E-state index contributed by atoms with van der Waals surface area (Å²) in [5, 5.41) is 1.68. The van der Waals surface area contributed by atoms with Crippen molar-refractivity contribution in [2.45, 2.75) is 25.7 Å². The Bertz CT molecular complexity index is 389. The zero-order valence-corrected chi connectivity index (χ0v) is 13.4. The van der Waals surface area contributed by atoms with E-state index in [2.05, 4.69) is 31.9 Å². The molecule has 1 aromatic rings. The summed E-state index contributed by atoms with van der Waals surface area (Å²) in [6.45, 7) is 0.750. The highest BCUT2D eigenvalue weighted by molar-refractivity contribution is 9.10. The normalized spacial score (nSPS) is 18.3. The maximum absolute atomic E-state index is 6.14. The molecule has 1 aromatic carbocycles. The quantitative estimate of drug-likeness (QED) is 0.631. The van der Waals surface area contributed by atoms with Crippen molar-refractivity contribution in [1.82, 2.24) is 0 Å². The van der Waals surface area contributed by atoms with Crippen LogP contribution in [0.2, 0.25) is 5.02 Å². The SMILES string of the molecule is Clc1cc(Br)ccc1OCC1(CBr)CCCC1. The Balaban J connectivity index is 2.01. The van der Waals surface area contributed by atoms with E-state index in [9.17, 15) is 0 Å². The van der Waals surface area contributed by atoms with Crippen LogP contribution in [0, 0.1) is 5.41 Å². The fraction of sp³-hybridized carbons (Fsp3) is 0.538. The maximum atomic E-state index is 6.14. The van der Waals surface area contributed by atoms with Gasteiger partial charge in [-0.05, 0) is 31.0 Å². The largest absolute Gasteiger partial charge is 0.491 e. The second-order valence-electron chi connectivity index (χ2n) is 4.70. The van der Waals surface area contributed by atoms with Gasteiger partial charge < -0.3 is 4.74 Å². The average Bonchev–Trinajstić information content (AvgIpc) is 2.77. The molecule has 0 unspecified atom stereocenters. The van der Waals surface area contributed by atoms with Crippen LogP contribution >= 0.6 is 43.5 Å². The summed E-state index contributed by atoms with van der Waals surface area (Å²) in [7, 11) is 0. The van der Waals surface area contributed by atoms with Crippen LogP contribution in [0.5, 0.6) is 5.75 Å². The third-order valence-corrected chi connectivity index (χ3v) is 5.35. The molecule has 1 nitrogen and oxygen atoms in total. The first kappa shape index (κ1) is 13.7. The van der Waals surface area contributed by atoms with Crippen LogP contribution in [0.1, 0.15) is 25.7 Å². The van der Waals surface area contributed by atoms with Crippen LogP contribution in [-0.4, -0.2) is 11.9 Å². The second-order valence-corrected chi connectivity index (χ2v) is 6.59. The molecule has 94 valence electrons. The molecular weight excluding hydrogens is 367 g/mol. The second kappa shape index (κ2) is 5.94. The van der Waals surface area contributed by atoms with Gasteiger partial charge in [0.15, 0.2) is 0 Å². The van der Waals surface area contributed by atoms with Gasteiger partial charge in [0, 0.05) is 15.2 Å². The monoisotopic (exact) mass is 380 g/mol. The van der Waals surface area contributed by atoms with E-state index in [1.165, 1.54) is 25.7 Å². The van der Waals surface area contributed by atoms with E-state index in [1.54, 1.807) is 0 Å². The van der Waals surface area contributed by atoms with E-state index in [0.717, 1.165) is 22.2 Å². The highest BCUT2D eigenvalue weighted by Crippen LogP contribution is 2.40. The molecule has 0 N–H and O–H groups in total. The summed E-state index contributed by atoms with van der Waals surface area (Å²) in [5.41, 5.74) is 0.302. The van der Waals surface area contributed by atoms with Crippen LogP contribution in [0.4, 0.5) is 0 Å². The zero-order chi connectivity index (χ0) is 12.3. The van der Waals surface area contributed by atoms with Crippen molar-refractivity contribution in [1.29, 1.82) is 0 Å². The molecule has 17 heavy (non-hydrogen) atoms. The lowest BCUT2D eigenvalue weighted by molar-refractivity contribution is 0.174. The Morgan fingerprint density at radius 1 is 1.29 bits per heavy atom. The summed E-state index contributed by atoms with van der Waals surface area (Å²) in [4.78, 5) is 0. The fourth-order valence-corrected chi connectivity index (χ4v) is 3.72. The number of hydrogen-bond donors (Lipinski definition) is 0. The summed E-state index contributed by atoms with van der Waals surface area (Å²) >= 11 is 13.1. The Morgan fingerprint density at radius 2 is 2.00 bits per heavy atom. The molecule has 0 aromatic heterocycles. The van der Waals surface area contributed by atoms with Gasteiger partial charge in [0.25, 0.3) is 0 Å². The Kier molecular flexibility index (Phi) is 4.79. The molecule has 0 radical (unpaired) electrons. The molecule has 1 fully saturated rings. The van der Waals surface area contributed by atoms with Gasteiger partial charge in [-0.1, -0.05) is 56.3 Å². The first-order valence-electron chi connectivity index (χ1n) is 5.79. The van der Waals surface area contributed by atoms with E-state index in [4.69, 9.17) is 16.3 Å². The van der Waals surface area contributed by atoms with Crippen molar-refractivity contribution in [3.63, 3.8) is 0 Å². The number of hydrogen-bond acceptors (Lipinski definition) is 1. The minimum atomic E-state index is 0.302. The molecule has 0 heterocycles. The van der Waals surface area contributed by atoms with Crippen molar-refractivity contribution in [3.05, 3.63) is 27.7 Å². The van der Waals surface area contributed by atoms with Gasteiger partial charge in [0.2, 0.25) is 0 Å². The molecule has 1 saturated carbocycles. The molecule has 1 aliphatic carbocycles. The predicted molar refractivity (Wildman–Crippen MR) is 79.3 cm³/mol. The highest BCUT2D eigenvalue weighted by Gasteiger charge is 2.33. The van der Waals surface area contributed by atoms with Crippen LogP contribution in [-0.2, 0) is 0 Å². The Hall–Kier alpha value is 0.270. The molecule has 0 bridgehead atoms. The maximum Gasteiger partial charge on any atom is 0.137 e. The van der Waals surface area contributed by atoms with Crippen LogP contribution < -0.4 is 4.74 Å². The molecule has 4 heteroatoms. The first-order valence-corrected chi connectivity index (χ1v) is 8.08. The van der Waals surface area contributed by atoms with Gasteiger partial charge >= 0.3 is 0 Å². The van der Waals surface area contributed by atoms with Gasteiger partial charge in [-0.15, -0.1) is 0 Å². The molecule has 0 spiro atoms. The van der Waals surface area contributed by atoms with Gasteiger partial charge in [-0.25, -0.2) is 0 Å². The van der Waals surface area contributed by atoms with Crippen molar-refractivity contribution in [2.75, 3.05) is 11.9 Å². The van der Waals surface area contributed by atoms with Crippen molar-refractivity contribution in [3.8, 4) is 5.75 Å².